The molecule has 1 aromatic heterocycles. The van der Waals surface area contributed by atoms with Crippen LogP contribution in [-0.2, 0) is 0 Å². The lowest BCUT2D eigenvalue weighted by atomic mass is 9.96. The Morgan fingerprint density at radius 3 is 3.15 bits per heavy atom. The fourth-order valence-electron chi connectivity index (χ4n) is 1.86. The van der Waals surface area contributed by atoms with Gasteiger partial charge in [0.2, 0.25) is 0 Å². The van der Waals surface area contributed by atoms with Gasteiger partial charge in [0, 0.05) is 17.8 Å². The van der Waals surface area contributed by atoms with Crippen molar-refractivity contribution < 1.29 is 0 Å². The Morgan fingerprint density at radius 2 is 2.54 bits per heavy atom. The summed E-state index contributed by atoms with van der Waals surface area (Å²) in [5.74, 6) is 0.600. The summed E-state index contributed by atoms with van der Waals surface area (Å²) in [7, 11) is 2.17. The molecule has 1 saturated heterocycles. The highest BCUT2D eigenvalue weighted by atomic mass is 35.5. The zero-order valence-corrected chi connectivity index (χ0v) is 9.24. The molecule has 72 valence electrons. The second-order valence-electron chi connectivity index (χ2n) is 3.63. The molecule has 13 heavy (non-hydrogen) atoms. The predicted octanol–water partition coefficient (Wildman–Crippen LogP) is 2.61. The number of aromatic nitrogens is 1. The van der Waals surface area contributed by atoms with Gasteiger partial charge in [-0.15, -0.1) is 11.3 Å². The largest absolute Gasteiger partial charge is 0.306 e. The van der Waals surface area contributed by atoms with Crippen molar-refractivity contribution >= 4 is 22.9 Å². The molecule has 2 heterocycles. The van der Waals surface area contributed by atoms with E-state index in [2.05, 4.69) is 22.3 Å². The zero-order valence-electron chi connectivity index (χ0n) is 7.66. The van der Waals surface area contributed by atoms with Gasteiger partial charge >= 0.3 is 0 Å². The second kappa shape index (κ2) is 3.95. The molecule has 0 N–H and O–H groups in total. The molecular weight excluding hydrogens is 204 g/mol. The quantitative estimate of drug-likeness (QED) is 0.718. The Morgan fingerprint density at radius 1 is 1.69 bits per heavy atom. The van der Waals surface area contributed by atoms with Crippen LogP contribution in [-0.4, -0.2) is 30.0 Å². The van der Waals surface area contributed by atoms with E-state index < -0.39 is 0 Å². The van der Waals surface area contributed by atoms with Gasteiger partial charge in [-0.3, -0.25) is 0 Å². The first kappa shape index (κ1) is 9.44. The first-order valence-electron chi connectivity index (χ1n) is 4.55. The topological polar surface area (TPSA) is 16.1 Å². The molecule has 1 atom stereocenters. The lowest BCUT2D eigenvalue weighted by molar-refractivity contribution is 0.249. The fraction of sp³-hybridized carbons (Fsp3) is 0.667. The van der Waals surface area contributed by atoms with E-state index in [0.717, 1.165) is 6.54 Å². The molecule has 1 aliphatic heterocycles. The highest BCUT2D eigenvalue weighted by Gasteiger charge is 2.20. The van der Waals surface area contributed by atoms with Gasteiger partial charge in [0.05, 0.1) is 5.69 Å². The maximum Gasteiger partial charge on any atom is 0.183 e. The second-order valence-corrected chi connectivity index (χ2v) is 5.07. The highest BCUT2D eigenvalue weighted by Crippen LogP contribution is 2.28. The number of halogens is 1. The van der Waals surface area contributed by atoms with E-state index in [9.17, 15) is 0 Å². The van der Waals surface area contributed by atoms with Gasteiger partial charge < -0.3 is 4.90 Å². The van der Waals surface area contributed by atoms with Crippen molar-refractivity contribution in [3.05, 3.63) is 15.5 Å². The fourth-order valence-corrected chi connectivity index (χ4v) is 2.71. The van der Waals surface area contributed by atoms with Gasteiger partial charge in [-0.1, -0.05) is 11.6 Å². The molecule has 1 aliphatic rings. The summed E-state index contributed by atoms with van der Waals surface area (Å²) in [6.07, 6.45) is 2.53. The van der Waals surface area contributed by atoms with Crippen LogP contribution in [0, 0.1) is 0 Å². The minimum absolute atomic E-state index is 0.600. The van der Waals surface area contributed by atoms with E-state index >= 15 is 0 Å². The molecule has 1 unspecified atom stereocenters. The van der Waals surface area contributed by atoms with Crippen molar-refractivity contribution in [2.45, 2.75) is 18.8 Å². The Kier molecular flexibility index (Phi) is 2.86. The van der Waals surface area contributed by atoms with Crippen LogP contribution in [0.15, 0.2) is 5.38 Å². The molecule has 0 amide bonds. The molecule has 0 aliphatic carbocycles. The normalized spacial score (nSPS) is 24.9. The molecule has 0 saturated carbocycles. The summed E-state index contributed by atoms with van der Waals surface area (Å²) in [6, 6.07) is 0. The lowest BCUT2D eigenvalue weighted by Crippen LogP contribution is -2.30. The first-order valence-corrected chi connectivity index (χ1v) is 5.81. The van der Waals surface area contributed by atoms with Crippen LogP contribution in [0.25, 0.3) is 0 Å². The third-order valence-electron chi connectivity index (χ3n) is 2.54. The Bertz CT molecular complexity index is 287. The molecule has 1 fully saturated rings. The van der Waals surface area contributed by atoms with Gasteiger partial charge in [0.25, 0.3) is 0 Å². The van der Waals surface area contributed by atoms with Crippen molar-refractivity contribution in [1.29, 1.82) is 0 Å². The zero-order chi connectivity index (χ0) is 9.26. The number of thiazole rings is 1. The first-order chi connectivity index (χ1) is 6.25. The number of hydrogen-bond acceptors (Lipinski definition) is 3. The Hall–Kier alpha value is -0.120. The van der Waals surface area contributed by atoms with Crippen LogP contribution in [0.5, 0.6) is 0 Å². The van der Waals surface area contributed by atoms with Gasteiger partial charge in [-0.05, 0) is 26.4 Å². The number of likely N-dealkylation sites (tertiary alicyclic amines) is 1. The lowest BCUT2D eigenvalue weighted by Gasteiger charge is -2.28. The Labute approximate surface area is 87.5 Å². The van der Waals surface area contributed by atoms with Gasteiger partial charge in [-0.25, -0.2) is 4.98 Å². The summed E-state index contributed by atoms with van der Waals surface area (Å²) < 4.78 is 0.670. The molecule has 1 aromatic rings. The van der Waals surface area contributed by atoms with Gasteiger partial charge in [-0.2, -0.15) is 0 Å². The van der Waals surface area contributed by atoms with E-state index in [4.69, 9.17) is 11.6 Å². The summed E-state index contributed by atoms with van der Waals surface area (Å²) in [4.78, 5) is 6.69. The number of nitrogens with zero attached hydrogens (tertiary/aromatic N) is 2. The van der Waals surface area contributed by atoms with E-state index in [-0.39, 0.29) is 0 Å². The minimum Gasteiger partial charge on any atom is -0.306 e. The molecule has 4 heteroatoms. The van der Waals surface area contributed by atoms with E-state index in [1.165, 1.54) is 36.4 Å². The maximum absolute atomic E-state index is 5.81. The highest BCUT2D eigenvalue weighted by molar-refractivity contribution is 7.13. The van der Waals surface area contributed by atoms with Crippen LogP contribution in [0.1, 0.15) is 24.5 Å². The van der Waals surface area contributed by atoms with Crippen molar-refractivity contribution in [3.63, 3.8) is 0 Å². The number of rotatable bonds is 1. The van der Waals surface area contributed by atoms with Crippen molar-refractivity contribution in [2.75, 3.05) is 20.1 Å². The molecule has 2 rings (SSSR count). The van der Waals surface area contributed by atoms with E-state index in [1.54, 1.807) is 0 Å². The van der Waals surface area contributed by atoms with Crippen LogP contribution < -0.4 is 0 Å². The monoisotopic (exact) mass is 216 g/mol. The summed E-state index contributed by atoms with van der Waals surface area (Å²) in [5.41, 5.74) is 1.18. The molecule has 0 aromatic carbocycles. The summed E-state index contributed by atoms with van der Waals surface area (Å²) >= 11 is 7.34. The SMILES string of the molecule is CN1CCCC(c2csc(Cl)n2)C1. The third kappa shape index (κ3) is 2.22. The van der Waals surface area contributed by atoms with E-state index in [1.807, 2.05) is 0 Å². The average molecular weight is 217 g/mol. The summed E-state index contributed by atoms with van der Waals surface area (Å²) in [5, 5.41) is 2.09. The number of likely N-dealkylation sites (N-methyl/N-ethyl adjacent to an activating group) is 1. The van der Waals surface area contributed by atoms with Crippen molar-refractivity contribution in [3.8, 4) is 0 Å². The molecule has 0 radical (unpaired) electrons. The molecule has 2 nitrogen and oxygen atoms in total. The predicted molar refractivity (Wildman–Crippen MR) is 56.6 cm³/mol. The smallest absolute Gasteiger partial charge is 0.183 e. The van der Waals surface area contributed by atoms with Crippen molar-refractivity contribution in [2.24, 2.45) is 0 Å². The van der Waals surface area contributed by atoms with Crippen LogP contribution >= 0.6 is 22.9 Å². The van der Waals surface area contributed by atoms with Gasteiger partial charge in [0.15, 0.2) is 4.47 Å². The average Bonchev–Trinajstić information content (AvgIpc) is 2.52. The van der Waals surface area contributed by atoms with Crippen LogP contribution in [0.3, 0.4) is 0 Å². The van der Waals surface area contributed by atoms with Crippen LogP contribution in [0.2, 0.25) is 4.47 Å². The van der Waals surface area contributed by atoms with Gasteiger partial charge in [0.1, 0.15) is 0 Å². The van der Waals surface area contributed by atoms with Crippen LogP contribution in [0.4, 0.5) is 0 Å². The number of hydrogen-bond donors (Lipinski definition) is 0. The maximum atomic E-state index is 5.81. The Balaban J connectivity index is 2.08. The minimum atomic E-state index is 0.600. The molecule has 0 spiro atoms. The standard InChI is InChI=1S/C9H13ClN2S/c1-12-4-2-3-7(5-12)8-6-13-9(10)11-8/h6-7H,2-5H2,1H3. The third-order valence-corrected chi connectivity index (χ3v) is 3.53. The van der Waals surface area contributed by atoms with Crippen molar-refractivity contribution in [1.82, 2.24) is 9.88 Å². The molecular formula is C9H13ClN2S. The summed E-state index contributed by atoms with van der Waals surface area (Å²) in [6.45, 7) is 2.34. The van der Waals surface area contributed by atoms with E-state index in [0.29, 0.717) is 10.4 Å². The molecule has 0 bridgehead atoms. The number of piperidine rings is 1.